The van der Waals surface area contributed by atoms with Crippen molar-refractivity contribution in [3.05, 3.63) is 78.0 Å². The van der Waals surface area contributed by atoms with Crippen LogP contribution >= 0.6 is 0 Å². The highest BCUT2D eigenvalue weighted by Gasteiger charge is 2.13. The summed E-state index contributed by atoms with van der Waals surface area (Å²) in [4.78, 5) is 16.3. The lowest BCUT2D eigenvalue weighted by molar-refractivity contribution is 0.102. The monoisotopic (exact) mass is 355 g/mol. The summed E-state index contributed by atoms with van der Waals surface area (Å²) in [5.74, 6) is -1.09. The second-order valence-corrected chi connectivity index (χ2v) is 5.34. The van der Waals surface area contributed by atoms with Crippen molar-refractivity contribution >= 4 is 23.1 Å². The van der Waals surface area contributed by atoms with Crippen LogP contribution in [0, 0.1) is 11.6 Å². The van der Waals surface area contributed by atoms with Gasteiger partial charge >= 0.3 is 0 Å². The quantitative estimate of drug-likeness (QED) is 0.714. The highest BCUT2D eigenvalue weighted by Crippen LogP contribution is 2.20. The van der Waals surface area contributed by atoms with Gasteiger partial charge in [-0.15, -0.1) is 0 Å². The molecule has 0 atom stereocenters. The molecule has 0 aliphatic carbocycles. The molecule has 3 rings (SSSR count). The number of pyridine rings is 1. The maximum absolute atomic E-state index is 13.6. The van der Waals surface area contributed by atoms with E-state index in [1.54, 1.807) is 25.3 Å². The lowest BCUT2D eigenvalue weighted by atomic mass is 10.2. The van der Waals surface area contributed by atoms with E-state index in [2.05, 4.69) is 15.6 Å². The number of methoxy groups -OCH3 is 1. The Morgan fingerprint density at radius 2 is 1.69 bits per heavy atom. The minimum Gasteiger partial charge on any atom is -0.497 e. The van der Waals surface area contributed by atoms with Crippen molar-refractivity contribution in [2.75, 3.05) is 17.7 Å². The predicted molar refractivity (Wildman–Crippen MR) is 94.8 cm³/mol. The Balaban J connectivity index is 1.69. The number of nitrogens with one attached hydrogen (secondary N) is 2. The average molecular weight is 355 g/mol. The van der Waals surface area contributed by atoms with Crippen LogP contribution in [-0.2, 0) is 0 Å². The first-order valence-electron chi connectivity index (χ1n) is 7.69. The van der Waals surface area contributed by atoms with Gasteiger partial charge in [-0.05, 0) is 48.5 Å². The van der Waals surface area contributed by atoms with Gasteiger partial charge in [0.25, 0.3) is 5.91 Å². The van der Waals surface area contributed by atoms with Gasteiger partial charge in [0.1, 0.15) is 28.9 Å². The third kappa shape index (κ3) is 3.94. The first kappa shape index (κ1) is 17.3. The average Bonchev–Trinajstić information content (AvgIpc) is 2.66. The molecule has 2 N–H and O–H groups in total. The molecule has 0 radical (unpaired) electrons. The van der Waals surface area contributed by atoms with Crippen molar-refractivity contribution in [2.24, 2.45) is 0 Å². The van der Waals surface area contributed by atoms with E-state index >= 15 is 0 Å². The molecule has 0 fully saturated rings. The van der Waals surface area contributed by atoms with Crippen LogP contribution in [-0.4, -0.2) is 18.0 Å². The number of hydrogen-bond acceptors (Lipinski definition) is 4. The largest absolute Gasteiger partial charge is 0.497 e. The number of para-hydroxylation sites is 1. The van der Waals surface area contributed by atoms with E-state index in [9.17, 15) is 13.6 Å². The predicted octanol–water partition coefficient (Wildman–Crippen LogP) is 4.36. The molecule has 3 aromatic rings. The summed E-state index contributed by atoms with van der Waals surface area (Å²) in [7, 11) is 1.58. The molecular formula is C19H15F2N3O2. The van der Waals surface area contributed by atoms with Gasteiger partial charge in [0, 0.05) is 11.9 Å². The summed E-state index contributed by atoms with van der Waals surface area (Å²) in [6, 6.07) is 13.7. The number of benzene rings is 2. The van der Waals surface area contributed by atoms with E-state index in [1.165, 1.54) is 18.3 Å². The molecule has 2 aromatic carbocycles. The maximum atomic E-state index is 13.6. The zero-order chi connectivity index (χ0) is 18.5. The van der Waals surface area contributed by atoms with E-state index in [1.807, 2.05) is 12.1 Å². The van der Waals surface area contributed by atoms with E-state index in [4.69, 9.17) is 4.74 Å². The molecule has 0 saturated heterocycles. The number of nitrogens with zero attached hydrogens (tertiary/aromatic N) is 1. The number of ether oxygens (including phenoxy) is 1. The van der Waals surface area contributed by atoms with E-state index in [0.717, 1.165) is 23.6 Å². The third-order valence-electron chi connectivity index (χ3n) is 3.59. The van der Waals surface area contributed by atoms with Gasteiger partial charge in [-0.3, -0.25) is 4.79 Å². The first-order chi connectivity index (χ1) is 12.6. The molecule has 5 nitrogen and oxygen atoms in total. The van der Waals surface area contributed by atoms with Gasteiger partial charge in [0.2, 0.25) is 0 Å². The molecular weight excluding hydrogens is 340 g/mol. The van der Waals surface area contributed by atoms with Crippen LogP contribution in [0.4, 0.5) is 26.0 Å². The molecule has 0 aliphatic rings. The highest BCUT2D eigenvalue weighted by atomic mass is 19.1. The highest BCUT2D eigenvalue weighted by molar-refractivity contribution is 6.04. The summed E-state index contributed by atoms with van der Waals surface area (Å²) >= 11 is 0. The van der Waals surface area contributed by atoms with Gasteiger partial charge in [-0.25, -0.2) is 13.8 Å². The minimum atomic E-state index is -0.843. The summed E-state index contributed by atoms with van der Waals surface area (Å²) in [5.41, 5.74) is 0.481. The fourth-order valence-corrected chi connectivity index (χ4v) is 2.23. The summed E-state index contributed by atoms with van der Waals surface area (Å²) in [6.07, 6.45) is 1.32. The molecule has 0 bridgehead atoms. The molecule has 26 heavy (non-hydrogen) atoms. The molecule has 1 heterocycles. The fourth-order valence-electron chi connectivity index (χ4n) is 2.23. The molecule has 0 spiro atoms. The van der Waals surface area contributed by atoms with Crippen LogP contribution in [0.25, 0.3) is 0 Å². The van der Waals surface area contributed by atoms with Crippen LogP contribution in [0.1, 0.15) is 10.4 Å². The van der Waals surface area contributed by atoms with Crippen LogP contribution in [0.3, 0.4) is 0 Å². The zero-order valence-corrected chi connectivity index (χ0v) is 13.8. The van der Waals surface area contributed by atoms with Gasteiger partial charge in [-0.1, -0.05) is 6.07 Å². The van der Waals surface area contributed by atoms with Crippen molar-refractivity contribution < 1.29 is 18.3 Å². The Hall–Kier alpha value is -3.48. The second kappa shape index (κ2) is 7.60. The Morgan fingerprint density at radius 3 is 2.27 bits per heavy atom. The van der Waals surface area contributed by atoms with E-state index in [0.29, 0.717) is 5.82 Å². The van der Waals surface area contributed by atoms with Gasteiger partial charge in [-0.2, -0.15) is 0 Å². The van der Waals surface area contributed by atoms with Crippen molar-refractivity contribution in [2.45, 2.75) is 0 Å². The number of anilines is 3. The molecule has 0 saturated carbocycles. The number of amides is 1. The molecule has 1 amide bonds. The van der Waals surface area contributed by atoms with Crippen molar-refractivity contribution in [1.82, 2.24) is 4.98 Å². The molecule has 0 unspecified atom stereocenters. The van der Waals surface area contributed by atoms with E-state index < -0.39 is 23.2 Å². The molecule has 7 heteroatoms. The number of rotatable bonds is 5. The van der Waals surface area contributed by atoms with Gasteiger partial charge in [0.05, 0.1) is 12.7 Å². The Labute approximate surface area is 148 Å². The number of hydrogen-bond donors (Lipinski definition) is 2. The van der Waals surface area contributed by atoms with Crippen LogP contribution in [0.2, 0.25) is 0 Å². The lowest BCUT2D eigenvalue weighted by Crippen LogP contribution is -2.14. The fraction of sp³-hybridized carbons (Fsp3) is 0.0526. The van der Waals surface area contributed by atoms with Crippen molar-refractivity contribution in [3.8, 4) is 5.75 Å². The second-order valence-electron chi connectivity index (χ2n) is 5.34. The number of halogens is 2. The third-order valence-corrected chi connectivity index (χ3v) is 3.59. The number of aromatic nitrogens is 1. The summed E-state index contributed by atoms with van der Waals surface area (Å²) in [5, 5.41) is 5.28. The van der Waals surface area contributed by atoms with Crippen LogP contribution in [0.15, 0.2) is 60.8 Å². The normalized spacial score (nSPS) is 10.3. The molecule has 1 aromatic heterocycles. The first-order valence-corrected chi connectivity index (χ1v) is 7.69. The topological polar surface area (TPSA) is 63.2 Å². The van der Waals surface area contributed by atoms with Crippen LogP contribution in [0.5, 0.6) is 5.75 Å². The minimum absolute atomic E-state index is 0.174. The smallest absolute Gasteiger partial charge is 0.257 e. The molecule has 0 aliphatic heterocycles. The Kier molecular flexibility index (Phi) is 5.07. The SMILES string of the molecule is COc1ccc(Nc2ccc(C(=O)Nc3c(F)cccc3F)cn2)cc1. The molecule has 132 valence electrons. The standard InChI is InChI=1S/C19H15F2N3O2/c1-26-14-8-6-13(7-9-14)23-17-10-5-12(11-22-17)19(25)24-18-15(20)3-2-4-16(18)21/h2-11H,1H3,(H,22,23)(H,24,25). The summed E-state index contributed by atoms with van der Waals surface area (Å²) in [6.45, 7) is 0. The Morgan fingerprint density at radius 1 is 1.00 bits per heavy atom. The zero-order valence-electron chi connectivity index (χ0n) is 13.8. The number of carbonyl (C=O) groups excluding carboxylic acids is 1. The Bertz CT molecular complexity index is 893. The van der Waals surface area contributed by atoms with E-state index in [-0.39, 0.29) is 5.56 Å². The lowest BCUT2D eigenvalue weighted by Gasteiger charge is -2.09. The van der Waals surface area contributed by atoms with Gasteiger partial charge < -0.3 is 15.4 Å². The number of carbonyl (C=O) groups is 1. The summed E-state index contributed by atoms with van der Waals surface area (Å²) < 4.78 is 32.3. The maximum Gasteiger partial charge on any atom is 0.257 e. The van der Waals surface area contributed by atoms with Crippen LogP contribution < -0.4 is 15.4 Å². The van der Waals surface area contributed by atoms with Gasteiger partial charge in [0.15, 0.2) is 0 Å². The van der Waals surface area contributed by atoms with Crippen molar-refractivity contribution in [1.29, 1.82) is 0 Å². The van der Waals surface area contributed by atoms with Crippen molar-refractivity contribution in [3.63, 3.8) is 0 Å².